The highest BCUT2D eigenvalue weighted by Crippen LogP contribution is 2.37. The summed E-state index contributed by atoms with van der Waals surface area (Å²) in [7, 11) is 0. The molecule has 0 aromatic carbocycles. The maximum absolute atomic E-state index is 5.38. The molecule has 3 aliphatic rings. The fraction of sp³-hybridized carbons (Fsp3) is 1.00. The zero-order valence-corrected chi connectivity index (χ0v) is 5.04. The van der Waals surface area contributed by atoms with Gasteiger partial charge in [-0.25, -0.2) is 0 Å². The summed E-state index contributed by atoms with van der Waals surface area (Å²) in [4.78, 5) is 0. The topological polar surface area (TPSA) is 33.8 Å². The van der Waals surface area contributed by atoms with E-state index < -0.39 is 0 Å². The van der Waals surface area contributed by atoms with Gasteiger partial charge in [0.1, 0.15) is 12.2 Å². The number of rotatable bonds is 0. The van der Waals surface area contributed by atoms with Gasteiger partial charge in [-0.15, -0.1) is 0 Å². The molecule has 0 aromatic rings. The van der Waals surface area contributed by atoms with Gasteiger partial charge in [-0.2, -0.15) is 0 Å². The Balaban J connectivity index is 1.92. The van der Waals surface area contributed by atoms with Crippen LogP contribution in [0.15, 0.2) is 0 Å². The van der Waals surface area contributed by atoms with Crippen molar-refractivity contribution in [2.75, 3.05) is 13.2 Å². The van der Waals surface area contributed by atoms with Gasteiger partial charge in [0.2, 0.25) is 0 Å². The maximum Gasteiger partial charge on any atom is 0.103 e. The molecule has 0 saturated carbocycles. The van der Waals surface area contributed by atoms with Crippen LogP contribution in [0.2, 0.25) is 0 Å². The summed E-state index contributed by atoms with van der Waals surface area (Å²) in [6.45, 7) is 1.69. The second-order valence-electron chi connectivity index (χ2n) is 2.98. The molecule has 0 radical (unpaired) electrons. The van der Waals surface area contributed by atoms with E-state index in [1.54, 1.807) is 0 Å². The van der Waals surface area contributed by atoms with Crippen molar-refractivity contribution in [2.24, 2.45) is 0 Å². The summed E-state index contributed by atoms with van der Waals surface area (Å²) in [5.41, 5.74) is 0. The minimum absolute atomic E-state index is 0.498. The summed E-state index contributed by atoms with van der Waals surface area (Å²) in [5.74, 6) is 0. The zero-order valence-electron chi connectivity index (χ0n) is 5.04. The number of hydrogen-bond donors (Lipinski definition) is 1. The van der Waals surface area contributed by atoms with Crippen molar-refractivity contribution >= 4 is 0 Å². The molecule has 3 heteroatoms. The van der Waals surface area contributed by atoms with Gasteiger partial charge in [0.15, 0.2) is 0 Å². The molecule has 0 spiro atoms. The van der Waals surface area contributed by atoms with E-state index in [2.05, 4.69) is 5.32 Å². The lowest BCUT2D eigenvalue weighted by atomic mass is 10.2. The first-order valence-electron chi connectivity index (χ1n) is 3.44. The highest BCUT2D eigenvalue weighted by atomic mass is 16.6. The highest BCUT2D eigenvalue weighted by Gasteiger charge is 2.58. The molecular formula is C6H9NO2. The Hall–Kier alpha value is -0.120. The molecule has 1 N–H and O–H groups in total. The van der Waals surface area contributed by atoms with Crippen molar-refractivity contribution in [3.05, 3.63) is 0 Å². The van der Waals surface area contributed by atoms with E-state index in [9.17, 15) is 0 Å². The molecule has 4 unspecified atom stereocenters. The van der Waals surface area contributed by atoms with Crippen molar-refractivity contribution < 1.29 is 9.47 Å². The first kappa shape index (κ1) is 4.66. The van der Waals surface area contributed by atoms with Crippen LogP contribution < -0.4 is 5.32 Å². The average molecular weight is 127 g/mol. The Morgan fingerprint density at radius 3 is 2.33 bits per heavy atom. The molecule has 50 valence electrons. The van der Waals surface area contributed by atoms with Gasteiger partial charge in [0.25, 0.3) is 0 Å². The smallest absolute Gasteiger partial charge is 0.103 e. The number of epoxide rings is 1. The molecule has 0 amide bonds. The molecule has 3 fully saturated rings. The molecule has 4 atom stereocenters. The first-order valence-corrected chi connectivity index (χ1v) is 3.44. The second kappa shape index (κ2) is 1.31. The summed E-state index contributed by atoms with van der Waals surface area (Å²) < 4.78 is 10.7. The van der Waals surface area contributed by atoms with Gasteiger partial charge in [-0.05, 0) is 0 Å². The van der Waals surface area contributed by atoms with Crippen molar-refractivity contribution in [2.45, 2.75) is 24.3 Å². The lowest BCUT2D eigenvalue weighted by Gasteiger charge is -2.23. The number of fused-ring (bicyclic) bond motifs is 5. The molecule has 3 aliphatic heterocycles. The summed E-state index contributed by atoms with van der Waals surface area (Å²) in [6, 6.07) is 1.02. The van der Waals surface area contributed by atoms with E-state index in [0.717, 1.165) is 13.2 Å². The summed E-state index contributed by atoms with van der Waals surface area (Å²) >= 11 is 0. The Morgan fingerprint density at radius 1 is 1.11 bits per heavy atom. The number of ether oxygens (including phenoxy) is 2. The van der Waals surface area contributed by atoms with E-state index >= 15 is 0 Å². The quantitative estimate of drug-likeness (QED) is 0.429. The molecule has 0 aliphatic carbocycles. The van der Waals surface area contributed by atoms with Crippen molar-refractivity contribution in [3.8, 4) is 0 Å². The lowest BCUT2D eigenvalue weighted by molar-refractivity contribution is 0.0317. The van der Waals surface area contributed by atoms with Crippen LogP contribution in [0.1, 0.15) is 0 Å². The van der Waals surface area contributed by atoms with E-state index in [-0.39, 0.29) is 0 Å². The number of nitrogens with one attached hydrogen (secondary N) is 1. The normalized spacial score (nSPS) is 61.3. The first-order chi connectivity index (χ1) is 4.45. The molecular weight excluding hydrogens is 118 g/mol. The lowest BCUT2D eigenvalue weighted by Crippen LogP contribution is -2.46. The van der Waals surface area contributed by atoms with Crippen LogP contribution >= 0.6 is 0 Å². The third kappa shape index (κ3) is 0.478. The number of morpholine rings is 2. The van der Waals surface area contributed by atoms with Gasteiger partial charge in [0, 0.05) is 0 Å². The predicted molar refractivity (Wildman–Crippen MR) is 30.2 cm³/mol. The Labute approximate surface area is 53.3 Å². The molecule has 0 aromatic heterocycles. The molecule has 3 saturated heterocycles. The number of hydrogen-bond acceptors (Lipinski definition) is 3. The fourth-order valence-electron chi connectivity index (χ4n) is 1.86. The van der Waals surface area contributed by atoms with Crippen LogP contribution in [-0.4, -0.2) is 37.5 Å². The van der Waals surface area contributed by atoms with Gasteiger partial charge < -0.3 is 14.8 Å². The SMILES string of the molecule is C1OCC2NC1C1OC21. The van der Waals surface area contributed by atoms with Crippen LogP contribution in [0.4, 0.5) is 0 Å². The van der Waals surface area contributed by atoms with E-state index in [4.69, 9.17) is 9.47 Å². The monoisotopic (exact) mass is 127 g/mol. The predicted octanol–water partition coefficient (Wildman–Crippen LogP) is -0.876. The molecule has 2 bridgehead atoms. The fourth-order valence-corrected chi connectivity index (χ4v) is 1.86. The van der Waals surface area contributed by atoms with Crippen LogP contribution in [0.25, 0.3) is 0 Å². The van der Waals surface area contributed by atoms with Crippen molar-refractivity contribution in [1.82, 2.24) is 5.32 Å². The van der Waals surface area contributed by atoms with Gasteiger partial charge in [-0.3, -0.25) is 0 Å². The minimum Gasteiger partial charge on any atom is -0.378 e. The maximum atomic E-state index is 5.38. The Bertz CT molecular complexity index is 136. The van der Waals surface area contributed by atoms with Gasteiger partial charge in [0.05, 0.1) is 25.3 Å². The highest BCUT2D eigenvalue weighted by molar-refractivity contribution is 5.11. The van der Waals surface area contributed by atoms with Gasteiger partial charge >= 0.3 is 0 Å². The van der Waals surface area contributed by atoms with Crippen LogP contribution in [-0.2, 0) is 9.47 Å². The Morgan fingerprint density at radius 2 is 1.78 bits per heavy atom. The average Bonchev–Trinajstić information content (AvgIpc) is 2.62. The van der Waals surface area contributed by atoms with Crippen LogP contribution in [0.3, 0.4) is 0 Å². The third-order valence-corrected chi connectivity index (χ3v) is 2.38. The van der Waals surface area contributed by atoms with Crippen LogP contribution in [0, 0.1) is 0 Å². The Kier molecular flexibility index (Phi) is 0.678. The van der Waals surface area contributed by atoms with Crippen molar-refractivity contribution in [1.29, 1.82) is 0 Å². The van der Waals surface area contributed by atoms with Crippen molar-refractivity contribution in [3.63, 3.8) is 0 Å². The van der Waals surface area contributed by atoms with E-state index in [0.29, 0.717) is 24.3 Å². The van der Waals surface area contributed by atoms with E-state index in [1.165, 1.54) is 0 Å². The minimum atomic E-state index is 0.498. The second-order valence-corrected chi connectivity index (χ2v) is 2.98. The van der Waals surface area contributed by atoms with E-state index in [1.807, 2.05) is 0 Å². The molecule has 3 nitrogen and oxygen atoms in total. The third-order valence-electron chi connectivity index (χ3n) is 2.38. The summed E-state index contributed by atoms with van der Waals surface area (Å²) in [5, 5.41) is 3.44. The zero-order chi connectivity index (χ0) is 5.84. The standard InChI is InChI=1S/C6H9NO2/c1-3-5-6(9-5)4(7-3)2-8-1/h3-7H,1-2H2. The molecule has 3 heterocycles. The largest absolute Gasteiger partial charge is 0.378 e. The molecule has 3 rings (SSSR count). The van der Waals surface area contributed by atoms with Gasteiger partial charge in [-0.1, -0.05) is 0 Å². The van der Waals surface area contributed by atoms with Crippen LogP contribution in [0.5, 0.6) is 0 Å². The molecule has 9 heavy (non-hydrogen) atoms. The summed E-state index contributed by atoms with van der Waals surface area (Å²) in [6.07, 6.45) is 0.995.